The van der Waals surface area contributed by atoms with Gasteiger partial charge in [0.1, 0.15) is 5.75 Å². The Bertz CT molecular complexity index is 571. The third kappa shape index (κ3) is 3.28. The molecule has 0 bridgehead atoms. The summed E-state index contributed by atoms with van der Waals surface area (Å²) < 4.78 is 5.72. The van der Waals surface area contributed by atoms with Crippen molar-refractivity contribution in [3.05, 3.63) is 51.7 Å². The Hall–Kier alpha value is -1.61. The zero-order valence-electron chi connectivity index (χ0n) is 12.2. The zero-order chi connectivity index (χ0) is 14.5. The van der Waals surface area contributed by atoms with Gasteiger partial charge in [-0.15, -0.1) is 11.3 Å². The van der Waals surface area contributed by atoms with Crippen LogP contribution in [0.2, 0.25) is 0 Å². The second kappa shape index (κ2) is 6.71. The number of thiophene rings is 1. The van der Waals surface area contributed by atoms with Crippen molar-refractivity contribution in [2.45, 2.75) is 33.1 Å². The second-order valence-corrected chi connectivity index (χ2v) is 6.01. The summed E-state index contributed by atoms with van der Waals surface area (Å²) in [5.41, 5.74) is 1.83. The van der Waals surface area contributed by atoms with E-state index in [9.17, 15) is 4.79 Å². The Kier molecular flexibility index (Phi) is 4.96. The van der Waals surface area contributed by atoms with E-state index in [1.807, 2.05) is 35.7 Å². The van der Waals surface area contributed by atoms with Gasteiger partial charge in [0.05, 0.1) is 17.0 Å². The van der Waals surface area contributed by atoms with Gasteiger partial charge in [0.2, 0.25) is 5.78 Å². The van der Waals surface area contributed by atoms with Crippen molar-refractivity contribution in [2.75, 3.05) is 6.61 Å². The van der Waals surface area contributed by atoms with Crippen molar-refractivity contribution >= 4 is 17.1 Å². The number of ketones is 1. The summed E-state index contributed by atoms with van der Waals surface area (Å²) in [7, 11) is 0. The Morgan fingerprint density at radius 1 is 1.30 bits per heavy atom. The molecule has 1 aromatic carbocycles. The Morgan fingerprint density at radius 2 is 2.10 bits per heavy atom. The molecule has 0 aliphatic carbocycles. The Morgan fingerprint density at radius 3 is 2.70 bits per heavy atom. The quantitative estimate of drug-likeness (QED) is 0.707. The molecule has 2 rings (SSSR count). The van der Waals surface area contributed by atoms with E-state index in [1.54, 1.807) is 0 Å². The van der Waals surface area contributed by atoms with Gasteiger partial charge < -0.3 is 4.74 Å². The first-order chi connectivity index (χ1) is 9.63. The van der Waals surface area contributed by atoms with Crippen molar-refractivity contribution in [1.82, 2.24) is 0 Å². The van der Waals surface area contributed by atoms with E-state index >= 15 is 0 Å². The average Bonchev–Trinajstić information content (AvgIpc) is 2.98. The summed E-state index contributed by atoms with van der Waals surface area (Å²) in [6.07, 6.45) is 0.929. The first-order valence-corrected chi connectivity index (χ1v) is 7.86. The molecule has 2 aromatic rings. The SMILES string of the molecule is CCCOc1ccc(C(C)C)cc1C(=O)c1cccs1. The van der Waals surface area contributed by atoms with E-state index in [2.05, 4.69) is 20.8 Å². The molecule has 106 valence electrons. The van der Waals surface area contributed by atoms with Crippen LogP contribution in [-0.2, 0) is 0 Å². The number of carbonyl (C=O) groups is 1. The van der Waals surface area contributed by atoms with E-state index < -0.39 is 0 Å². The highest BCUT2D eigenvalue weighted by molar-refractivity contribution is 7.12. The first-order valence-electron chi connectivity index (χ1n) is 6.98. The molecule has 0 spiro atoms. The summed E-state index contributed by atoms with van der Waals surface area (Å²) in [5.74, 6) is 1.13. The molecule has 0 amide bonds. The summed E-state index contributed by atoms with van der Waals surface area (Å²) in [6, 6.07) is 9.69. The van der Waals surface area contributed by atoms with Gasteiger partial charge in [-0.2, -0.15) is 0 Å². The molecule has 0 aliphatic heterocycles. The van der Waals surface area contributed by atoms with E-state index in [4.69, 9.17) is 4.74 Å². The van der Waals surface area contributed by atoms with Gasteiger partial charge in [-0.25, -0.2) is 0 Å². The lowest BCUT2D eigenvalue weighted by atomic mass is 9.98. The van der Waals surface area contributed by atoms with Crippen molar-refractivity contribution in [3.8, 4) is 5.75 Å². The lowest BCUT2D eigenvalue weighted by molar-refractivity contribution is 0.103. The second-order valence-electron chi connectivity index (χ2n) is 5.07. The van der Waals surface area contributed by atoms with Crippen LogP contribution in [0.1, 0.15) is 53.9 Å². The molecule has 0 saturated carbocycles. The fraction of sp³-hybridized carbons (Fsp3) is 0.353. The highest BCUT2D eigenvalue weighted by Gasteiger charge is 2.17. The minimum atomic E-state index is 0.0496. The number of carbonyl (C=O) groups excluding carboxylic acids is 1. The minimum absolute atomic E-state index is 0.0496. The maximum Gasteiger partial charge on any atom is 0.206 e. The van der Waals surface area contributed by atoms with Gasteiger partial charge in [-0.05, 0) is 41.5 Å². The maximum atomic E-state index is 12.6. The molecule has 1 heterocycles. The van der Waals surface area contributed by atoms with Crippen molar-refractivity contribution < 1.29 is 9.53 Å². The van der Waals surface area contributed by atoms with E-state index in [-0.39, 0.29) is 5.78 Å². The summed E-state index contributed by atoms with van der Waals surface area (Å²) in [4.78, 5) is 13.4. The van der Waals surface area contributed by atoms with Crippen molar-refractivity contribution in [1.29, 1.82) is 0 Å². The predicted molar refractivity (Wildman–Crippen MR) is 84.1 cm³/mol. The molecule has 0 unspecified atom stereocenters. The topological polar surface area (TPSA) is 26.3 Å². The van der Waals surface area contributed by atoms with Crippen LogP contribution in [0.4, 0.5) is 0 Å². The van der Waals surface area contributed by atoms with Crippen molar-refractivity contribution in [3.63, 3.8) is 0 Å². The van der Waals surface area contributed by atoms with Crippen LogP contribution < -0.4 is 4.74 Å². The van der Waals surface area contributed by atoms with Crippen LogP contribution in [0.25, 0.3) is 0 Å². The lowest BCUT2D eigenvalue weighted by Gasteiger charge is -2.13. The van der Waals surface area contributed by atoms with E-state index in [1.165, 1.54) is 11.3 Å². The number of hydrogen-bond donors (Lipinski definition) is 0. The van der Waals surface area contributed by atoms with E-state index in [0.717, 1.165) is 16.9 Å². The van der Waals surface area contributed by atoms with Crippen LogP contribution in [0, 0.1) is 0 Å². The van der Waals surface area contributed by atoms with Gasteiger partial charge in [0.15, 0.2) is 0 Å². The zero-order valence-corrected chi connectivity index (χ0v) is 13.0. The maximum absolute atomic E-state index is 12.6. The molecular weight excluding hydrogens is 268 g/mol. The third-order valence-electron chi connectivity index (χ3n) is 3.12. The van der Waals surface area contributed by atoms with Crippen LogP contribution in [-0.4, -0.2) is 12.4 Å². The van der Waals surface area contributed by atoms with Gasteiger partial charge in [0, 0.05) is 0 Å². The predicted octanol–water partition coefficient (Wildman–Crippen LogP) is 4.89. The molecular formula is C17H20O2S. The Labute approximate surface area is 124 Å². The minimum Gasteiger partial charge on any atom is -0.493 e. The van der Waals surface area contributed by atoms with Crippen LogP contribution in [0.3, 0.4) is 0 Å². The average molecular weight is 288 g/mol. The summed E-state index contributed by atoms with van der Waals surface area (Å²) in [6.45, 7) is 6.94. The highest BCUT2D eigenvalue weighted by Crippen LogP contribution is 2.28. The smallest absolute Gasteiger partial charge is 0.206 e. The van der Waals surface area contributed by atoms with E-state index in [0.29, 0.717) is 23.8 Å². The van der Waals surface area contributed by atoms with Crippen LogP contribution in [0.5, 0.6) is 5.75 Å². The molecule has 0 fully saturated rings. The molecule has 0 N–H and O–H groups in total. The summed E-state index contributed by atoms with van der Waals surface area (Å²) >= 11 is 1.47. The first kappa shape index (κ1) is 14.8. The van der Waals surface area contributed by atoms with Crippen LogP contribution in [0.15, 0.2) is 35.7 Å². The largest absolute Gasteiger partial charge is 0.493 e. The fourth-order valence-corrected chi connectivity index (χ4v) is 2.64. The number of rotatable bonds is 6. The standard InChI is InChI=1S/C17H20O2S/c1-4-9-19-15-8-7-13(12(2)3)11-14(15)17(18)16-6-5-10-20-16/h5-8,10-12H,4,9H2,1-3H3. The Balaban J connectivity index is 2.40. The fourth-order valence-electron chi connectivity index (χ4n) is 1.96. The highest BCUT2D eigenvalue weighted by atomic mass is 32.1. The summed E-state index contributed by atoms with van der Waals surface area (Å²) in [5, 5.41) is 1.92. The van der Waals surface area contributed by atoms with Crippen molar-refractivity contribution in [2.24, 2.45) is 0 Å². The lowest BCUT2D eigenvalue weighted by Crippen LogP contribution is -2.06. The molecule has 20 heavy (non-hydrogen) atoms. The third-order valence-corrected chi connectivity index (χ3v) is 3.99. The molecule has 3 heteroatoms. The molecule has 1 aromatic heterocycles. The number of hydrogen-bond acceptors (Lipinski definition) is 3. The molecule has 0 aliphatic rings. The van der Waals surface area contributed by atoms with Gasteiger partial charge in [-0.3, -0.25) is 4.79 Å². The normalized spacial score (nSPS) is 10.8. The van der Waals surface area contributed by atoms with Gasteiger partial charge in [-0.1, -0.05) is 32.9 Å². The molecule has 0 saturated heterocycles. The van der Waals surface area contributed by atoms with Gasteiger partial charge in [0.25, 0.3) is 0 Å². The molecule has 0 atom stereocenters. The van der Waals surface area contributed by atoms with Gasteiger partial charge >= 0.3 is 0 Å². The monoisotopic (exact) mass is 288 g/mol. The molecule has 2 nitrogen and oxygen atoms in total. The molecule has 0 radical (unpaired) electrons. The van der Waals surface area contributed by atoms with Crippen LogP contribution >= 0.6 is 11.3 Å². The number of benzene rings is 1. The number of ether oxygens (including phenoxy) is 1.